The molecule has 0 aliphatic rings. The Morgan fingerprint density at radius 2 is 1.60 bits per heavy atom. The molecule has 0 N–H and O–H groups in total. The zero-order valence-corrected chi connectivity index (χ0v) is 17.9. The van der Waals surface area contributed by atoms with Crippen molar-refractivity contribution < 1.29 is 12.8 Å². The topological polar surface area (TPSA) is 69.0 Å². The average Bonchev–Trinajstić information content (AvgIpc) is 3.14. The molecule has 0 atom stereocenters. The van der Waals surface area contributed by atoms with E-state index in [-0.39, 0.29) is 4.90 Å². The predicted molar refractivity (Wildman–Crippen MR) is 117 cm³/mol. The van der Waals surface area contributed by atoms with E-state index in [9.17, 15) is 17.6 Å². The molecule has 4 rings (SSSR count). The SMILES string of the molecule is CS(=O)(=O)c1ccc(-c2cnn(-c3ccc(Cl)s3)c(=O)c2-c2ccc(F)cc2)cc1. The van der Waals surface area contributed by atoms with Gasteiger partial charge in [0.2, 0.25) is 0 Å². The third kappa shape index (κ3) is 3.94. The van der Waals surface area contributed by atoms with Crippen molar-refractivity contribution in [2.75, 3.05) is 6.26 Å². The highest BCUT2D eigenvalue weighted by atomic mass is 35.5. The molecule has 2 aromatic carbocycles. The van der Waals surface area contributed by atoms with Crippen molar-refractivity contribution in [3.05, 3.63) is 87.4 Å². The van der Waals surface area contributed by atoms with Crippen LogP contribution in [0.25, 0.3) is 27.3 Å². The number of halogens is 2. The van der Waals surface area contributed by atoms with Crippen LogP contribution in [0.3, 0.4) is 0 Å². The van der Waals surface area contributed by atoms with Crippen LogP contribution in [0, 0.1) is 5.82 Å². The largest absolute Gasteiger partial charge is 0.280 e. The van der Waals surface area contributed by atoms with Crippen LogP contribution in [-0.2, 0) is 9.84 Å². The summed E-state index contributed by atoms with van der Waals surface area (Å²) in [7, 11) is -3.35. The standard InChI is InChI=1S/C21H14ClFN2O3S2/c1-30(27,28)16-8-4-13(5-9-16)17-12-24-25(19-11-10-18(22)29-19)21(26)20(17)14-2-6-15(23)7-3-14/h2-12H,1H3. The molecule has 4 aromatic rings. The van der Waals surface area contributed by atoms with Gasteiger partial charge in [-0.15, -0.1) is 11.3 Å². The first-order chi connectivity index (χ1) is 14.2. The molecular formula is C21H14ClFN2O3S2. The third-order valence-electron chi connectivity index (χ3n) is 4.47. The number of rotatable bonds is 4. The highest BCUT2D eigenvalue weighted by Gasteiger charge is 2.18. The summed E-state index contributed by atoms with van der Waals surface area (Å²) in [5.74, 6) is -0.419. The second kappa shape index (κ2) is 7.79. The quantitative estimate of drug-likeness (QED) is 0.437. The van der Waals surface area contributed by atoms with E-state index in [2.05, 4.69) is 5.10 Å². The Kier molecular flexibility index (Phi) is 5.31. The van der Waals surface area contributed by atoms with Gasteiger partial charge in [0.15, 0.2) is 9.84 Å². The molecule has 0 fully saturated rings. The molecule has 5 nitrogen and oxygen atoms in total. The Hall–Kier alpha value is -2.81. The lowest BCUT2D eigenvalue weighted by Gasteiger charge is -2.12. The van der Waals surface area contributed by atoms with E-state index in [4.69, 9.17) is 11.6 Å². The Balaban J connectivity index is 1.95. The van der Waals surface area contributed by atoms with Crippen molar-refractivity contribution in [3.63, 3.8) is 0 Å². The van der Waals surface area contributed by atoms with Gasteiger partial charge in [-0.05, 0) is 47.5 Å². The van der Waals surface area contributed by atoms with Gasteiger partial charge in [0.05, 0.1) is 21.0 Å². The minimum absolute atomic E-state index is 0.170. The first kappa shape index (κ1) is 20.5. The van der Waals surface area contributed by atoms with Gasteiger partial charge >= 0.3 is 0 Å². The summed E-state index contributed by atoms with van der Waals surface area (Å²) >= 11 is 7.21. The highest BCUT2D eigenvalue weighted by Crippen LogP contribution is 2.31. The molecule has 0 saturated heterocycles. The van der Waals surface area contributed by atoms with Crippen LogP contribution in [0.4, 0.5) is 4.39 Å². The summed E-state index contributed by atoms with van der Waals surface area (Å²) in [6.45, 7) is 0. The van der Waals surface area contributed by atoms with Crippen LogP contribution >= 0.6 is 22.9 Å². The van der Waals surface area contributed by atoms with Crippen molar-refractivity contribution in [2.45, 2.75) is 4.90 Å². The Morgan fingerprint density at radius 3 is 2.17 bits per heavy atom. The van der Waals surface area contributed by atoms with Gasteiger partial charge in [-0.25, -0.2) is 12.8 Å². The van der Waals surface area contributed by atoms with Crippen molar-refractivity contribution in [2.24, 2.45) is 0 Å². The van der Waals surface area contributed by atoms with Crippen LogP contribution in [0.15, 0.2) is 76.6 Å². The number of benzene rings is 2. The first-order valence-electron chi connectivity index (χ1n) is 8.68. The highest BCUT2D eigenvalue weighted by molar-refractivity contribution is 7.90. The monoisotopic (exact) mass is 460 g/mol. The summed E-state index contributed by atoms with van der Waals surface area (Å²) in [6, 6.07) is 15.1. The van der Waals surface area contributed by atoms with Crippen molar-refractivity contribution in [3.8, 4) is 27.3 Å². The van der Waals surface area contributed by atoms with Crippen LogP contribution in [-0.4, -0.2) is 24.5 Å². The number of hydrogen-bond donors (Lipinski definition) is 0. The van der Waals surface area contributed by atoms with Crippen LogP contribution in [0.1, 0.15) is 0 Å². The molecule has 2 aromatic heterocycles. The molecule has 0 aliphatic carbocycles. The molecule has 9 heteroatoms. The smallest absolute Gasteiger partial charge is 0.267 e. The summed E-state index contributed by atoms with van der Waals surface area (Å²) in [5, 5.41) is 4.83. The fraction of sp³-hybridized carbons (Fsp3) is 0.0476. The van der Waals surface area contributed by atoms with Crippen LogP contribution < -0.4 is 5.56 Å². The summed E-state index contributed by atoms with van der Waals surface area (Å²) in [6.07, 6.45) is 2.66. The molecular weight excluding hydrogens is 447 g/mol. The maximum atomic E-state index is 13.5. The average molecular weight is 461 g/mol. The van der Waals surface area contributed by atoms with Gasteiger partial charge in [0.1, 0.15) is 10.8 Å². The zero-order chi connectivity index (χ0) is 21.5. The molecule has 152 valence electrons. The summed E-state index contributed by atoms with van der Waals surface area (Å²) in [5.41, 5.74) is 1.56. The van der Waals surface area contributed by atoms with Gasteiger partial charge in [-0.2, -0.15) is 9.78 Å². The maximum absolute atomic E-state index is 13.5. The van der Waals surface area contributed by atoms with Gasteiger partial charge < -0.3 is 0 Å². The van der Waals surface area contributed by atoms with Crippen LogP contribution in [0.5, 0.6) is 0 Å². The number of nitrogens with zero attached hydrogens (tertiary/aromatic N) is 2. The first-order valence-corrected chi connectivity index (χ1v) is 11.8. The lowest BCUT2D eigenvalue weighted by molar-refractivity contribution is 0.602. The number of thiophene rings is 1. The van der Waals surface area contributed by atoms with Crippen molar-refractivity contribution in [1.29, 1.82) is 0 Å². The predicted octanol–water partition coefficient (Wildman–Crippen LogP) is 4.82. The minimum atomic E-state index is -3.35. The molecule has 30 heavy (non-hydrogen) atoms. The van der Waals surface area contributed by atoms with E-state index in [0.717, 1.165) is 6.26 Å². The van der Waals surface area contributed by atoms with Gasteiger partial charge in [0, 0.05) is 11.8 Å². The summed E-state index contributed by atoms with van der Waals surface area (Å²) in [4.78, 5) is 13.5. The van der Waals surface area contributed by atoms with Crippen molar-refractivity contribution in [1.82, 2.24) is 9.78 Å². The molecule has 0 spiro atoms. The number of hydrogen-bond acceptors (Lipinski definition) is 5. The van der Waals surface area contributed by atoms with E-state index in [1.54, 1.807) is 24.3 Å². The minimum Gasteiger partial charge on any atom is -0.267 e. The molecule has 0 saturated carbocycles. The molecule has 0 unspecified atom stereocenters. The molecule has 0 amide bonds. The fourth-order valence-corrected chi connectivity index (χ4v) is 4.64. The van der Waals surface area contributed by atoms with Crippen molar-refractivity contribution >= 4 is 32.8 Å². The van der Waals surface area contributed by atoms with Crippen LogP contribution in [0.2, 0.25) is 4.34 Å². The van der Waals surface area contributed by atoms with Gasteiger partial charge in [-0.1, -0.05) is 35.9 Å². The molecule has 0 bridgehead atoms. The van der Waals surface area contributed by atoms with E-state index < -0.39 is 21.2 Å². The van der Waals surface area contributed by atoms with E-state index in [0.29, 0.717) is 31.6 Å². The molecule has 0 aliphatic heterocycles. The lowest BCUT2D eigenvalue weighted by Crippen LogP contribution is -2.22. The normalized spacial score (nSPS) is 11.6. The maximum Gasteiger partial charge on any atom is 0.280 e. The second-order valence-electron chi connectivity index (χ2n) is 6.53. The Labute approximate surface area is 180 Å². The third-order valence-corrected chi connectivity index (χ3v) is 6.81. The Morgan fingerprint density at radius 1 is 0.967 bits per heavy atom. The molecule has 0 radical (unpaired) electrons. The lowest BCUT2D eigenvalue weighted by atomic mass is 9.97. The second-order valence-corrected chi connectivity index (χ2v) is 10.2. The number of aromatic nitrogens is 2. The number of sulfone groups is 1. The van der Waals surface area contributed by atoms with E-state index in [1.165, 1.54) is 58.6 Å². The summed E-state index contributed by atoms with van der Waals surface area (Å²) < 4.78 is 38.7. The molecule has 2 heterocycles. The van der Waals surface area contributed by atoms with Gasteiger partial charge in [0.25, 0.3) is 5.56 Å². The van der Waals surface area contributed by atoms with E-state index >= 15 is 0 Å². The Bertz CT molecular complexity index is 1390. The zero-order valence-electron chi connectivity index (χ0n) is 15.5. The fourth-order valence-electron chi connectivity index (χ4n) is 3.03. The van der Waals surface area contributed by atoms with Gasteiger partial charge in [-0.3, -0.25) is 4.79 Å². The van der Waals surface area contributed by atoms with E-state index in [1.807, 2.05) is 0 Å².